The standard InChI is InChI=1S/C21H21ClN6O4S/c1-4-33(30,31)28-13-9-10-17(18(11-13)32-3)26-21-24-12-15(22)19(27-21)25-16-8-6-5-7-14(16)20(29)23-2/h4-12,28H,1H2,2-3H3,(H,23,29)(H2,24,25,26,27). The maximum Gasteiger partial charge on any atom is 0.254 e. The summed E-state index contributed by atoms with van der Waals surface area (Å²) < 4.78 is 31.1. The number of rotatable bonds is 9. The van der Waals surface area contributed by atoms with Gasteiger partial charge in [0, 0.05) is 18.5 Å². The molecule has 1 amide bonds. The van der Waals surface area contributed by atoms with Crippen LogP contribution in [0.3, 0.4) is 0 Å². The second-order valence-electron chi connectivity index (χ2n) is 6.49. The molecule has 3 aromatic rings. The van der Waals surface area contributed by atoms with Crippen LogP contribution in [0, 0.1) is 0 Å². The van der Waals surface area contributed by atoms with Crippen molar-refractivity contribution in [2.45, 2.75) is 0 Å². The Morgan fingerprint density at radius 3 is 2.61 bits per heavy atom. The molecule has 0 saturated carbocycles. The summed E-state index contributed by atoms with van der Waals surface area (Å²) >= 11 is 6.26. The molecule has 1 heterocycles. The predicted octanol–water partition coefficient (Wildman–Crippen LogP) is 3.87. The molecule has 0 aliphatic rings. The molecular weight excluding hydrogens is 468 g/mol. The first-order valence-electron chi connectivity index (χ1n) is 9.47. The van der Waals surface area contributed by atoms with Crippen LogP contribution >= 0.6 is 11.6 Å². The van der Waals surface area contributed by atoms with Gasteiger partial charge in [-0.1, -0.05) is 30.3 Å². The van der Waals surface area contributed by atoms with E-state index < -0.39 is 10.0 Å². The highest BCUT2D eigenvalue weighted by Gasteiger charge is 2.14. The lowest BCUT2D eigenvalue weighted by molar-refractivity contribution is 0.0964. The maximum absolute atomic E-state index is 12.1. The Bertz CT molecular complexity index is 1300. The Labute approximate surface area is 196 Å². The lowest BCUT2D eigenvalue weighted by Crippen LogP contribution is -2.19. The third-order valence-corrected chi connectivity index (χ3v) is 5.56. The maximum atomic E-state index is 12.1. The van der Waals surface area contributed by atoms with Crippen LogP contribution in [-0.4, -0.2) is 38.5 Å². The van der Waals surface area contributed by atoms with E-state index >= 15 is 0 Å². The number of benzene rings is 2. The van der Waals surface area contributed by atoms with Gasteiger partial charge in [-0.3, -0.25) is 9.52 Å². The summed E-state index contributed by atoms with van der Waals surface area (Å²) in [6.07, 6.45) is 1.40. The van der Waals surface area contributed by atoms with Gasteiger partial charge >= 0.3 is 0 Å². The summed E-state index contributed by atoms with van der Waals surface area (Å²) in [4.78, 5) is 20.7. The molecule has 1 aromatic heterocycles. The number of carbonyl (C=O) groups excluding carboxylic acids is 1. The van der Waals surface area contributed by atoms with Gasteiger partial charge in [-0.25, -0.2) is 13.4 Å². The van der Waals surface area contributed by atoms with Crippen molar-refractivity contribution in [1.29, 1.82) is 0 Å². The zero-order valence-corrected chi connectivity index (χ0v) is 19.3. The lowest BCUT2D eigenvalue weighted by atomic mass is 10.1. The molecular formula is C21H21ClN6O4S. The highest BCUT2D eigenvalue weighted by Crippen LogP contribution is 2.32. The number of carbonyl (C=O) groups is 1. The van der Waals surface area contributed by atoms with Gasteiger partial charge < -0.3 is 20.7 Å². The first-order valence-corrected chi connectivity index (χ1v) is 11.4. The summed E-state index contributed by atoms with van der Waals surface area (Å²) in [5, 5.41) is 9.69. The van der Waals surface area contributed by atoms with Crippen molar-refractivity contribution in [2.24, 2.45) is 0 Å². The number of halogens is 1. The smallest absolute Gasteiger partial charge is 0.254 e. The van der Waals surface area contributed by atoms with Crippen molar-refractivity contribution in [1.82, 2.24) is 15.3 Å². The first kappa shape index (κ1) is 23.8. The zero-order chi connectivity index (χ0) is 24.0. The van der Waals surface area contributed by atoms with Crippen LogP contribution in [0.5, 0.6) is 5.75 Å². The molecule has 0 fully saturated rings. The van der Waals surface area contributed by atoms with Gasteiger partial charge in [0.25, 0.3) is 15.9 Å². The van der Waals surface area contributed by atoms with Crippen LogP contribution in [0.1, 0.15) is 10.4 Å². The average molecular weight is 489 g/mol. The summed E-state index contributed by atoms with van der Waals surface area (Å²) in [6.45, 7) is 3.26. The first-order chi connectivity index (χ1) is 15.8. The van der Waals surface area contributed by atoms with E-state index in [1.54, 1.807) is 43.4 Å². The fraction of sp³-hybridized carbons (Fsp3) is 0.0952. The number of anilines is 5. The minimum Gasteiger partial charge on any atom is -0.494 e. The number of sulfonamides is 1. The number of nitrogens with zero attached hydrogens (tertiary/aromatic N) is 2. The number of para-hydroxylation sites is 1. The van der Waals surface area contributed by atoms with Gasteiger partial charge in [-0.15, -0.1) is 0 Å². The van der Waals surface area contributed by atoms with Gasteiger partial charge in [0.15, 0.2) is 5.82 Å². The number of amides is 1. The molecule has 0 bridgehead atoms. The topological polar surface area (TPSA) is 134 Å². The molecule has 10 nitrogen and oxygen atoms in total. The number of nitrogens with one attached hydrogen (secondary N) is 4. The largest absolute Gasteiger partial charge is 0.494 e. The van der Waals surface area contributed by atoms with E-state index in [1.165, 1.54) is 19.4 Å². The lowest BCUT2D eigenvalue weighted by Gasteiger charge is -2.14. The van der Waals surface area contributed by atoms with Crippen LogP contribution < -0.4 is 25.4 Å². The van der Waals surface area contributed by atoms with Crippen LogP contribution in [0.2, 0.25) is 5.02 Å². The summed E-state index contributed by atoms with van der Waals surface area (Å²) in [5.41, 5.74) is 1.71. The van der Waals surface area contributed by atoms with Crippen molar-refractivity contribution in [3.63, 3.8) is 0 Å². The Kier molecular flexibility index (Phi) is 7.36. The van der Waals surface area contributed by atoms with E-state index in [1.807, 2.05) is 0 Å². The fourth-order valence-corrected chi connectivity index (χ4v) is 3.43. The number of hydrogen-bond donors (Lipinski definition) is 4. The quantitative estimate of drug-likeness (QED) is 0.356. The molecule has 12 heteroatoms. The van der Waals surface area contributed by atoms with Crippen LogP contribution in [0.4, 0.5) is 28.8 Å². The monoisotopic (exact) mass is 488 g/mol. The molecule has 2 aromatic carbocycles. The Balaban J connectivity index is 1.88. The van der Waals surface area contributed by atoms with E-state index in [-0.39, 0.29) is 22.7 Å². The van der Waals surface area contributed by atoms with Gasteiger partial charge in [-0.05, 0) is 24.3 Å². The number of ether oxygens (including phenoxy) is 1. The van der Waals surface area contributed by atoms with Crippen LogP contribution in [0.25, 0.3) is 0 Å². The highest BCUT2D eigenvalue weighted by atomic mass is 35.5. The number of methoxy groups -OCH3 is 1. The van der Waals surface area contributed by atoms with Crippen molar-refractivity contribution < 1.29 is 17.9 Å². The normalized spacial score (nSPS) is 10.8. The van der Waals surface area contributed by atoms with Crippen molar-refractivity contribution >= 4 is 56.4 Å². The molecule has 0 aliphatic carbocycles. The fourth-order valence-electron chi connectivity index (χ4n) is 2.75. The van der Waals surface area contributed by atoms with Gasteiger partial charge in [0.1, 0.15) is 10.8 Å². The van der Waals surface area contributed by atoms with E-state index in [4.69, 9.17) is 16.3 Å². The molecule has 0 aliphatic heterocycles. The Morgan fingerprint density at radius 2 is 1.91 bits per heavy atom. The number of hydrogen-bond acceptors (Lipinski definition) is 8. The second kappa shape index (κ2) is 10.2. The summed E-state index contributed by atoms with van der Waals surface area (Å²) in [5.74, 6) is 0.549. The van der Waals surface area contributed by atoms with Crippen LogP contribution in [-0.2, 0) is 10.0 Å². The third kappa shape index (κ3) is 5.90. The minimum absolute atomic E-state index is 0.192. The van der Waals surface area contributed by atoms with E-state index in [0.29, 0.717) is 28.4 Å². The van der Waals surface area contributed by atoms with Gasteiger partial charge in [0.05, 0.1) is 35.9 Å². The molecule has 172 valence electrons. The Hall–Kier alpha value is -3.83. The van der Waals surface area contributed by atoms with Gasteiger partial charge in [0.2, 0.25) is 5.95 Å². The molecule has 0 spiro atoms. The number of aromatic nitrogens is 2. The summed E-state index contributed by atoms with van der Waals surface area (Å²) in [7, 11) is -0.676. The van der Waals surface area contributed by atoms with Gasteiger partial charge in [-0.2, -0.15) is 4.98 Å². The van der Waals surface area contributed by atoms with Crippen molar-refractivity contribution in [3.05, 3.63) is 71.2 Å². The predicted molar refractivity (Wildman–Crippen MR) is 129 cm³/mol. The van der Waals surface area contributed by atoms with Crippen molar-refractivity contribution in [3.8, 4) is 5.75 Å². The van der Waals surface area contributed by atoms with E-state index in [2.05, 4.69) is 37.2 Å². The summed E-state index contributed by atoms with van der Waals surface area (Å²) in [6, 6.07) is 11.6. The highest BCUT2D eigenvalue weighted by molar-refractivity contribution is 7.95. The molecule has 3 rings (SSSR count). The molecule has 4 N–H and O–H groups in total. The third-order valence-electron chi connectivity index (χ3n) is 4.32. The van der Waals surface area contributed by atoms with Crippen LogP contribution in [0.15, 0.2) is 60.6 Å². The molecule has 0 saturated heterocycles. The molecule has 0 radical (unpaired) electrons. The molecule has 0 atom stereocenters. The second-order valence-corrected chi connectivity index (χ2v) is 8.53. The minimum atomic E-state index is -3.66. The average Bonchev–Trinajstić information content (AvgIpc) is 2.81. The zero-order valence-electron chi connectivity index (χ0n) is 17.7. The molecule has 0 unspecified atom stereocenters. The molecule has 33 heavy (non-hydrogen) atoms. The Morgan fingerprint density at radius 1 is 1.15 bits per heavy atom. The van der Waals surface area contributed by atoms with E-state index in [9.17, 15) is 13.2 Å². The van der Waals surface area contributed by atoms with E-state index in [0.717, 1.165) is 5.41 Å². The van der Waals surface area contributed by atoms with Crippen molar-refractivity contribution in [2.75, 3.05) is 29.5 Å². The SMILES string of the molecule is C=CS(=O)(=O)Nc1ccc(Nc2ncc(Cl)c(Nc3ccccc3C(=O)NC)n2)c(OC)c1.